The smallest absolute Gasteiger partial charge is 0.330 e. The highest BCUT2D eigenvalue weighted by Crippen LogP contribution is 2.37. The second-order valence-corrected chi connectivity index (χ2v) is 5.41. The molecule has 0 bridgehead atoms. The van der Waals surface area contributed by atoms with E-state index in [1.807, 2.05) is 6.92 Å². The van der Waals surface area contributed by atoms with Crippen LogP contribution >= 0.6 is 0 Å². The van der Waals surface area contributed by atoms with E-state index in [0.29, 0.717) is 13.0 Å². The van der Waals surface area contributed by atoms with E-state index in [0.717, 1.165) is 25.7 Å². The molecule has 1 saturated heterocycles. The van der Waals surface area contributed by atoms with Crippen molar-refractivity contribution in [3.05, 3.63) is 12.2 Å². The van der Waals surface area contributed by atoms with E-state index in [-0.39, 0.29) is 0 Å². The van der Waals surface area contributed by atoms with Crippen LogP contribution in [0, 0.1) is 0 Å². The summed E-state index contributed by atoms with van der Waals surface area (Å²) < 4.78 is 10.4. The summed E-state index contributed by atoms with van der Waals surface area (Å²) in [5.74, 6) is -0.989. The summed E-state index contributed by atoms with van der Waals surface area (Å²) in [7, 11) is 1.35. The fourth-order valence-electron chi connectivity index (χ4n) is 2.42. The molecule has 1 unspecified atom stereocenters. The Morgan fingerprint density at radius 1 is 1.16 bits per heavy atom. The van der Waals surface area contributed by atoms with Gasteiger partial charge in [-0.25, -0.2) is 14.6 Å². The molecule has 0 radical (unpaired) electrons. The van der Waals surface area contributed by atoms with Gasteiger partial charge in [-0.1, -0.05) is 6.42 Å². The second-order valence-electron chi connectivity index (χ2n) is 5.41. The molecule has 1 aliphatic carbocycles. The van der Waals surface area contributed by atoms with E-state index >= 15 is 0 Å². The summed E-state index contributed by atoms with van der Waals surface area (Å²) in [4.78, 5) is 22.3. The quantitative estimate of drug-likeness (QED) is 0.438. The van der Waals surface area contributed by atoms with E-state index in [1.165, 1.54) is 19.6 Å². The zero-order valence-electron chi connectivity index (χ0n) is 11.6. The lowest BCUT2D eigenvalue weighted by Crippen LogP contribution is -2.38. The van der Waals surface area contributed by atoms with Gasteiger partial charge in [-0.3, -0.25) is 0 Å². The number of ether oxygens (including phenoxy) is 2. The fraction of sp³-hybridized carbons (Fsp3) is 0.786. The van der Waals surface area contributed by atoms with Crippen molar-refractivity contribution in [2.24, 2.45) is 0 Å². The molecule has 1 heterocycles. The van der Waals surface area contributed by atoms with Gasteiger partial charge in [-0.15, -0.1) is 0 Å². The molecule has 2 rings (SSSR count). The van der Waals surface area contributed by atoms with Crippen molar-refractivity contribution in [2.45, 2.75) is 56.8 Å². The normalized spacial score (nSPS) is 31.3. The van der Waals surface area contributed by atoms with E-state index in [2.05, 4.69) is 4.74 Å². The lowest BCUT2D eigenvalue weighted by molar-refractivity contribution is -0.445. The van der Waals surface area contributed by atoms with Crippen LogP contribution in [-0.4, -0.2) is 31.1 Å². The Kier molecular flexibility index (Phi) is 4.60. The van der Waals surface area contributed by atoms with E-state index in [9.17, 15) is 4.79 Å². The van der Waals surface area contributed by atoms with Gasteiger partial charge in [-0.05, 0) is 25.8 Å². The fourth-order valence-corrected chi connectivity index (χ4v) is 2.42. The second kappa shape index (κ2) is 6.03. The predicted octanol–water partition coefficient (Wildman–Crippen LogP) is 2.50. The minimum absolute atomic E-state index is 0.401. The minimum Gasteiger partial charge on any atom is -0.466 e. The van der Waals surface area contributed by atoms with Gasteiger partial charge in [0.1, 0.15) is 5.60 Å². The molecule has 5 nitrogen and oxygen atoms in total. The van der Waals surface area contributed by atoms with Gasteiger partial charge in [0.2, 0.25) is 5.79 Å². The standard InChI is InChI=1S/C14H22O5/c1-13(9-6-12(15)16-2)10-11-17-14(19-18-13)7-4-3-5-8-14/h6,9H,3-5,7-8,10-11H2,1-2H3. The van der Waals surface area contributed by atoms with Crippen LogP contribution in [0.15, 0.2) is 12.2 Å². The van der Waals surface area contributed by atoms with Crippen molar-refractivity contribution >= 4 is 5.97 Å². The molecule has 2 fully saturated rings. The van der Waals surface area contributed by atoms with Crippen molar-refractivity contribution in [1.82, 2.24) is 0 Å². The highest BCUT2D eigenvalue weighted by atomic mass is 17.2. The largest absolute Gasteiger partial charge is 0.466 e. The third-order valence-corrected chi connectivity index (χ3v) is 3.74. The molecule has 0 N–H and O–H groups in total. The number of carbonyl (C=O) groups is 1. The zero-order chi connectivity index (χ0) is 13.8. The molecule has 1 atom stereocenters. The minimum atomic E-state index is -0.658. The van der Waals surface area contributed by atoms with Crippen molar-refractivity contribution < 1.29 is 24.0 Å². The first-order valence-corrected chi connectivity index (χ1v) is 6.86. The third kappa shape index (κ3) is 3.78. The molecule has 0 aromatic carbocycles. The molecule has 1 saturated carbocycles. The van der Waals surface area contributed by atoms with Crippen LogP contribution in [0.3, 0.4) is 0 Å². The Morgan fingerprint density at radius 2 is 1.89 bits per heavy atom. The Morgan fingerprint density at radius 3 is 2.58 bits per heavy atom. The van der Waals surface area contributed by atoms with Crippen LogP contribution in [0.25, 0.3) is 0 Å². The maximum absolute atomic E-state index is 11.1. The number of rotatable bonds is 2. The van der Waals surface area contributed by atoms with Crippen molar-refractivity contribution in [1.29, 1.82) is 0 Å². The van der Waals surface area contributed by atoms with Crippen LogP contribution in [-0.2, 0) is 24.0 Å². The molecular formula is C14H22O5. The first kappa shape index (κ1) is 14.5. The molecule has 1 aliphatic heterocycles. The summed E-state index contributed by atoms with van der Waals surface area (Å²) in [5, 5.41) is 0. The van der Waals surface area contributed by atoms with Gasteiger partial charge in [0.15, 0.2) is 0 Å². The van der Waals surface area contributed by atoms with E-state index in [4.69, 9.17) is 14.5 Å². The highest BCUT2D eigenvalue weighted by Gasteiger charge is 2.41. The van der Waals surface area contributed by atoms with Crippen molar-refractivity contribution in [3.63, 3.8) is 0 Å². The first-order valence-electron chi connectivity index (χ1n) is 6.86. The lowest BCUT2D eigenvalue weighted by Gasteiger charge is -2.34. The molecular weight excluding hydrogens is 248 g/mol. The molecule has 0 aromatic heterocycles. The number of esters is 1. The van der Waals surface area contributed by atoms with Gasteiger partial charge in [-0.2, -0.15) is 0 Å². The summed E-state index contributed by atoms with van der Waals surface area (Å²) in [6, 6.07) is 0. The number of hydrogen-bond acceptors (Lipinski definition) is 5. The van der Waals surface area contributed by atoms with E-state index in [1.54, 1.807) is 6.08 Å². The van der Waals surface area contributed by atoms with Gasteiger partial charge >= 0.3 is 5.97 Å². The zero-order valence-corrected chi connectivity index (χ0v) is 11.6. The molecule has 2 aliphatic rings. The number of hydrogen-bond donors (Lipinski definition) is 0. The Balaban J connectivity index is 1.98. The average Bonchev–Trinajstić information content (AvgIpc) is 2.58. The molecule has 0 amide bonds. The predicted molar refractivity (Wildman–Crippen MR) is 68.1 cm³/mol. The van der Waals surface area contributed by atoms with Crippen LogP contribution in [0.1, 0.15) is 45.4 Å². The Hall–Kier alpha value is -0.910. The van der Waals surface area contributed by atoms with Gasteiger partial charge in [0, 0.05) is 25.3 Å². The summed E-state index contributed by atoms with van der Waals surface area (Å²) in [5.41, 5.74) is -0.658. The highest BCUT2D eigenvalue weighted by molar-refractivity contribution is 5.81. The summed E-state index contributed by atoms with van der Waals surface area (Å²) in [6.07, 6.45) is 8.81. The molecule has 5 heteroatoms. The van der Waals surface area contributed by atoms with Crippen molar-refractivity contribution in [2.75, 3.05) is 13.7 Å². The molecule has 1 spiro atoms. The van der Waals surface area contributed by atoms with Crippen LogP contribution in [0.2, 0.25) is 0 Å². The lowest BCUT2D eigenvalue weighted by atomic mass is 9.94. The molecule has 108 valence electrons. The number of carbonyl (C=O) groups excluding carboxylic acids is 1. The molecule has 19 heavy (non-hydrogen) atoms. The monoisotopic (exact) mass is 270 g/mol. The van der Waals surface area contributed by atoms with Gasteiger partial charge < -0.3 is 9.47 Å². The Bertz CT molecular complexity index is 346. The third-order valence-electron chi connectivity index (χ3n) is 3.74. The van der Waals surface area contributed by atoms with Crippen LogP contribution in [0.5, 0.6) is 0 Å². The maximum Gasteiger partial charge on any atom is 0.330 e. The van der Waals surface area contributed by atoms with Gasteiger partial charge in [0.25, 0.3) is 0 Å². The Labute approximate surface area is 113 Å². The van der Waals surface area contributed by atoms with Crippen LogP contribution < -0.4 is 0 Å². The average molecular weight is 270 g/mol. The number of methoxy groups -OCH3 is 1. The van der Waals surface area contributed by atoms with Crippen molar-refractivity contribution in [3.8, 4) is 0 Å². The van der Waals surface area contributed by atoms with E-state index < -0.39 is 17.4 Å². The molecule has 0 aromatic rings. The first-order chi connectivity index (χ1) is 9.08. The topological polar surface area (TPSA) is 54.0 Å². The summed E-state index contributed by atoms with van der Waals surface area (Å²) in [6.45, 7) is 2.43. The SMILES string of the molecule is COC(=O)C=CC1(C)CCOC2(CCCCC2)OO1. The van der Waals surface area contributed by atoms with Crippen LogP contribution in [0.4, 0.5) is 0 Å². The summed E-state index contributed by atoms with van der Waals surface area (Å²) >= 11 is 0. The maximum atomic E-state index is 11.1. The van der Waals surface area contributed by atoms with Gasteiger partial charge in [0.05, 0.1) is 13.7 Å².